The number of Topliss-reactive ketones (excluding diaryl/α,β-unsaturated/α-hetero) is 1. The molecule has 1 saturated heterocycles. The van der Waals surface area contributed by atoms with Crippen LogP contribution in [-0.4, -0.2) is 24.2 Å². The van der Waals surface area contributed by atoms with Crippen LogP contribution in [0.3, 0.4) is 0 Å². The summed E-state index contributed by atoms with van der Waals surface area (Å²) in [5.74, 6) is 2.16. The van der Waals surface area contributed by atoms with Crippen molar-refractivity contribution in [3.05, 3.63) is 24.2 Å². The highest BCUT2D eigenvalue weighted by atomic mass is 32.2. The first-order valence-corrected chi connectivity index (χ1v) is 9.62. The number of furan rings is 1. The molecule has 1 aliphatic heterocycles. The molecule has 3 nitrogen and oxygen atoms in total. The molecule has 22 heavy (non-hydrogen) atoms. The summed E-state index contributed by atoms with van der Waals surface area (Å²) in [4.78, 5) is 12.9. The molecule has 0 bridgehead atoms. The van der Waals surface area contributed by atoms with Crippen LogP contribution >= 0.6 is 11.8 Å². The van der Waals surface area contributed by atoms with Gasteiger partial charge in [0, 0.05) is 23.8 Å². The Kier molecular flexibility index (Phi) is 6.02. The summed E-state index contributed by atoms with van der Waals surface area (Å²) in [6, 6.07) is 1.99. The Labute approximate surface area is 137 Å². The van der Waals surface area contributed by atoms with Gasteiger partial charge in [-0.25, -0.2) is 0 Å². The molecule has 2 fully saturated rings. The third-order valence-corrected chi connectivity index (χ3v) is 6.28. The molecule has 2 unspecified atom stereocenters. The lowest BCUT2D eigenvalue weighted by atomic mass is 9.84. The lowest BCUT2D eigenvalue weighted by Crippen LogP contribution is -2.29. The number of carbonyl (C=O) groups is 1. The second kappa shape index (κ2) is 8.21. The van der Waals surface area contributed by atoms with Crippen LogP contribution in [0.1, 0.15) is 50.5 Å². The van der Waals surface area contributed by atoms with Crippen LogP contribution in [0.2, 0.25) is 0 Å². The van der Waals surface area contributed by atoms with Crippen molar-refractivity contribution >= 4 is 17.5 Å². The van der Waals surface area contributed by atoms with E-state index in [-0.39, 0.29) is 11.2 Å². The zero-order chi connectivity index (χ0) is 15.2. The number of ketones is 1. The largest absolute Gasteiger partial charge is 0.472 e. The summed E-state index contributed by atoms with van der Waals surface area (Å²) in [7, 11) is 0. The third-order valence-electron chi connectivity index (χ3n) is 4.95. The molecule has 0 aromatic carbocycles. The van der Waals surface area contributed by atoms with Gasteiger partial charge in [-0.3, -0.25) is 4.79 Å². The van der Waals surface area contributed by atoms with E-state index in [0.29, 0.717) is 12.4 Å². The van der Waals surface area contributed by atoms with E-state index in [9.17, 15) is 4.79 Å². The van der Waals surface area contributed by atoms with Crippen molar-refractivity contribution in [2.24, 2.45) is 11.8 Å². The van der Waals surface area contributed by atoms with E-state index in [4.69, 9.17) is 9.15 Å². The molecule has 2 aliphatic rings. The predicted octanol–water partition coefficient (Wildman–Crippen LogP) is 4.46. The van der Waals surface area contributed by atoms with Crippen molar-refractivity contribution < 1.29 is 13.9 Å². The molecule has 122 valence electrons. The summed E-state index contributed by atoms with van der Waals surface area (Å²) >= 11 is 1.80. The Morgan fingerprint density at radius 1 is 1.27 bits per heavy atom. The van der Waals surface area contributed by atoms with Gasteiger partial charge >= 0.3 is 0 Å². The number of carbonyl (C=O) groups excluding carboxylic acids is 1. The third kappa shape index (κ3) is 4.39. The molecule has 2 heterocycles. The van der Waals surface area contributed by atoms with Gasteiger partial charge in [0.25, 0.3) is 0 Å². The van der Waals surface area contributed by atoms with Gasteiger partial charge in [0.2, 0.25) is 0 Å². The van der Waals surface area contributed by atoms with Gasteiger partial charge in [0.1, 0.15) is 0 Å². The summed E-state index contributed by atoms with van der Waals surface area (Å²) in [6.45, 7) is 1.38. The van der Waals surface area contributed by atoms with Gasteiger partial charge in [-0.2, -0.15) is 0 Å². The fourth-order valence-electron chi connectivity index (χ4n) is 3.59. The van der Waals surface area contributed by atoms with Crippen molar-refractivity contribution in [2.75, 3.05) is 13.2 Å². The van der Waals surface area contributed by atoms with Crippen LogP contribution in [-0.2, 0) is 15.3 Å². The molecular formula is C18H26O3S. The number of hydrogen-bond acceptors (Lipinski definition) is 4. The van der Waals surface area contributed by atoms with E-state index in [2.05, 4.69) is 0 Å². The molecule has 0 amide bonds. The van der Waals surface area contributed by atoms with Crippen molar-refractivity contribution in [1.82, 2.24) is 0 Å². The van der Waals surface area contributed by atoms with Crippen molar-refractivity contribution in [1.29, 1.82) is 0 Å². The minimum absolute atomic E-state index is 0.129. The van der Waals surface area contributed by atoms with Crippen LogP contribution in [0.4, 0.5) is 0 Å². The first-order chi connectivity index (χ1) is 10.8. The first kappa shape index (κ1) is 16.1. The predicted molar refractivity (Wildman–Crippen MR) is 88.9 cm³/mol. The van der Waals surface area contributed by atoms with E-state index in [1.165, 1.54) is 37.7 Å². The Bertz CT molecular complexity index is 445. The van der Waals surface area contributed by atoms with Gasteiger partial charge in [0.15, 0.2) is 5.78 Å². The number of ether oxygens (including phenoxy) is 1. The lowest BCUT2D eigenvalue weighted by molar-refractivity contribution is -0.122. The van der Waals surface area contributed by atoms with Crippen molar-refractivity contribution in [2.45, 2.75) is 55.9 Å². The molecular weight excluding hydrogens is 296 g/mol. The molecule has 1 aromatic heterocycles. The smallest absolute Gasteiger partial charge is 0.151 e. The average Bonchev–Trinajstić information content (AvgIpc) is 3.25. The van der Waals surface area contributed by atoms with Crippen molar-refractivity contribution in [3.8, 4) is 0 Å². The molecule has 1 saturated carbocycles. The first-order valence-electron chi connectivity index (χ1n) is 8.57. The molecule has 2 atom stereocenters. The molecule has 4 heteroatoms. The highest BCUT2D eigenvalue weighted by Gasteiger charge is 2.32. The molecule has 0 N–H and O–H groups in total. The average molecular weight is 322 g/mol. The maximum atomic E-state index is 12.9. The standard InChI is InChI=1S/C18H26O3S/c19-18(16-7-9-21-12-16)17(10-14-4-2-1-3-5-14)22-13-15-6-8-20-11-15/h6,8,11,14,16-17H,1-5,7,9-10,12-13H2. The van der Waals surface area contributed by atoms with Crippen LogP contribution in [0.25, 0.3) is 0 Å². The maximum Gasteiger partial charge on any atom is 0.151 e. The van der Waals surface area contributed by atoms with Gasteiger partial charge in [0.05, 0.1) is 24.4 Å². The van der Waals surface area contributed by atoms with E-state index < -0.39 is 0 Å². The topological polar surface area (TPSA) is 39.4 Å². The molecule has 0 radical (unpaired) electrons. The van der Waals surface area contributed by atoms with E-state index in [0.717, 1.165) is 31.1 Å². The Hall–Kier alpha value is -0.740. The van der Waals surface area contributed by atoms with Gasteiger partial charge < -0.3 is 9.15 Å². The van der Waals surface area contributed by atoms with Crippen LogP contribution in [0.15, 0.2) is 23.0 Å². The van der Waals surface area contributed by atoms with E-state index in [1.54, 1.807) is 24.3 Å². The monoisotopic (exact) mass is 322 g/mol. The minimum Gasteiger partial charge on any atom is -0.472 e. The summed E-state index contributed by atoms with van der Waals surface area (Å²) in [5, 5.41) is 0.129. The Morgan fingerprint density at radius 2 is 2.14 bits per heavy atom. The number of rotatable bonds is 7. The van der Waals surface area contributed by atoms with E-state index >= 15 is 0 Å². The van der Waals surface area contributed by atoms with Crippen LogP contribution in [0, 0.1) is 11.8 Å². The normalized spacial score (nSPS) is 24.5. The number of hydrogen-bond donors (Lipinski definition) is 0. The molecule has 1 aromatic rings. The minimum atomic E-state index is 0.129. The maximum absolute atomic E-state index is 12.9. The number of thioether (sulfide) groups is 1. The van der Waals surface area contributed by atoms with E-state index in [1.807, 2.05) is 6.07 Å². The zero-order valence-electron chi connectivity index (χ0n) is 13.2. The Balaban J connectivity index is 1.59. The van der Waals surface area contributed by atoms with Gasteiger partial charge in [-0.05, 0) is 24.8 Å². The summed E-state index contributed by atoms with van der Waals surface area (Å²) < 4.78 is 10.6. The fraction of sp³-hybridized carbons (Fsp3) is 0.722. The van der Waals surface area contributed by atoms with Crippen LogP contribution in [0.5, 0.6) is 0 Å². The summed E-state index contributed by atoms with van der Waals surface area (Å²) in [6.07, 6.45) is 12.1. The Morgan fingerprint density at radius 3 is 2.82 bits per heavy atom. The van der Waals surface area contributed by atoms with Gasteiger partial charge in [-0.15, -0.1) is 11.8 Å². The molecule has 0 spiro atoms. The second-order valence-corrected chi connectivity index (χ2v) is 7.82. The quantitative estimate of drug-likeness (QED) is 0.743. The SMILES string of the molecule is O=C(C1CCOC1)C(CC1CCCCC1)SCc1ccoc1. The lowest BCUT2D eigenvalue weighted by Gasteiger charge is -2.26. The van der Waals surface area contributed by atoms with Crippen LogP contribution < -0.4 is 0 Å². The second-order valence-electron chi connectivity index (χ2n) is 6.63. The van der Waals surface area contributed by atoms with Crippen molar-refractivity contribution in [3.63, 3.8) is 0 Å². The molecule has 3 rings (SSSR count). The highest BCUT2D eigenvalue weighted by molar-refractivity contribution is 7.99. The molecule has 1 aliphatic carbocycles. The fourth-order valence-corrected chi connectivity index (χ4v) is 4.91. The highest BCUT2D eigenvalue weighted by Crippen LogP contribution is 2.34. The zero-order valence-corrected chi connectivity index (χ0v) is 14.0. The van der Waals surface area contributed by atoms with Gasteiger partial charge in [-0.1, -0.05) is 32.1 Å². The summed E-state index contributed by atoms with van der Waals surface area (Å²) in [5.41, 5.74) is 1.18.